The Morgan fingerprint density at radius 1 is 1.57 bits per heavy atom. The second-order valence-corrected chi connectivity index (χ2v) is 3.09. The van der Waals surface area contributed by atoms with Gasteiger partial charge in [-0.25, -0.2) is 0 Å². The zero-order chi connectivity index (χ0) is 10.9. The molecule has 1 aromatic rings. The first-order valence-corrected chi connectivity index (χ1v) is 4.06. The molecule has 0 bridgehead atoms. The number of nitro groups is 1. The van der Waals surface area contributed by atoms with E-state index >= 15 is 0 Å². The van der Waals surface area contributed by atoms with Crippen LogP contribution in [-0.4, -0.2) is 10.8 Å². The third-order valence-corrected chi connectivity index (χ3v) is 2.15. The highest BCUT2D eigenvalue weighted by Gasteiger charge is 2.21. The largest absolute Gasteiger partial charge is 0.366 e. The molecule has 0 heterocycles. The molecule has 1 amide bonds. The Bertz CT molecular complexity index is 417. The van der Waals surface area contributed by atoms with Crippen LogP contribution in [0.25, 0.3) is 0 Å². The molecule has 1 rings (SSSR count). The molecule has 0 aliphatic rings. The zero-order valence-corrected chi connectivity index (χ0v) is 8.04. The van der Waals surface area contributed by atoms with Crippen molar-refractivity contribution < 1.29 is 9.72 Å². The fourth-order valence-corrected chi connectivity index (χ4v) is 1.45. The van der Waals surface area contributed by atoms with Crippen LogP contribution in [0.2, 0.25) is 5.02 Å². The van der Waals surface area contributed by atoms with Gasteiger partial charge in [-0.1, -0.05) is 17.7 Å². The summed E-state index contributed by atoms with van der Waals surface area (Å²) in [5.41, 5.74) is 5.07. The van der Waals surface area contributed by atoms with Crippen LogP contribution in [-0.2, 0) is 0 Å². The van der Waals surface area contributed by atoms with Gasteiger partial charge in [0.05, 0.1) is 10.5 Å². The number of carbonyl (C=O) groups is 1. The number of rotatable bonds is 2. The van der Waals surface area contributed by atoms with Crippen molar-refractivity contribution in [2.24, 2.45) is 5.73 Å². The van der Waals surface area contributed by atoms with E-state index in [9.17, 15) is 14.9 Å². The molecule has 6 heteroatoms. The molecule has 74 valence electrons. The number of nitrogens with two attached hydrogens (primary N) is 1. The van der Waals surface area contributed by atoms with Crippen LogP contribution >= 0.6 is 11.6 Å². The first-order valence-electron chi connectivity index (χ1n) is 3.68. The second-order valence-electron chi connectivity index (χ2n) is 2.71. The Morgan fingerprint density at radius 3 is 2.57 bits per heavy atom. The molecule has 0 fully saturated rings. The predicted octanol–water partition coefficient (Wildman–Crippen LogP) is 1.66. The van der Waals surface area contributed by atoms with Crippen LogP contribution in [0.3, 0.4) is 0 Å². The Labute approximate surface area is 84.6 Å². The maximum atomic E-state index is 10.8. The van der Waals surface area contributed by atoms with Gasteiger partial charge < -0.3 is 5.73 Å². The van der Waals surface area contributed by atoms with E-state index in [0.717, 1.165) is 0 Å². The summed E-state index contributed by atoms with van der Waals surface area (Å²) in [6, 6.07) is 2.80. The first kappa shape index (κ1) is 10.5. The molecule has 0 aliphatic carbocycles. The summed E-state index contributed by atoms with van der Waals surface area (Å²) in [7, 11) is 0. The van der Waals surface area contributed by atoms with Crippen molar-refractivity contribution in [3.05, 3.63) is 38.4 Å². The van der Waals surface area contributed by atoms with Gasteiger partial charge >= 0.3 is 0 Å². The topological polar surface area (TPSA) is 86.2 Å². The van der Waals surface area contributed by atoms with Crippen LogP contribution in [0.1, 0.15) is 15.9 Å². The highest BCUT2D eigenvalue weighted by Crippen LogP contribution is 2.30. The number of primary amides is 1. The maximum absolute atomic E-state index is 10.8. The molecule has 0 spiro atoms. The monoisotopic (exact) mass is 214 g/mol. The number of hydrogen-bond donors (Lipinski definition) is 1. The van der Waals surface area contributed by atoms with E-state index in [4.69, 9.17) is 17.3 Å². The minimum absolute atomic E-state index is 0.0380. The van der Waals surface area contributed by atoms with Gasteiger partial charge in [-0.2, -0.15) is 0 Å². The molecular formula is C8H7ClN2O3. The standard InChI is InChI=1S/C8H7ClN2O3/c1-4-2-3-5(8(10)12)6(9)7(4)11(13)14/h2-3H,1H3,(H2,10,12). The molecular weight excluding hydrogens is 208 g/mol. The van der Waals surface area contributed by atoms with E-state index in [2.05, 4.69) is 0 Å². The summed E-state index contributed by atoms with van der Waals surface area (Å²) in [5.74, 6) is -0.780. The Balaban J connectivity index is 3.49. The highest BCUT2D eigenvalue weighted by atomic mass is 35.5. The number of nitro benzene ring substituents is 1. The van der Waals surface area contributed by atoms with Crippen LogP contribution in [0.4, 0.5) is 5.69 Å². The summed E-state index contributed by atoms with van der Waals surface area (Å²) in [5, 5.41) is 10.4. The van der Waals surface area contributed by atoms with Gasteiger partial charge in [-0.3, -0.25) is 14.9 Å². The average Bonchev–Trinajstić information content (AvgIpc) is 2.02. The molecule has 0 atom stereocenters. The zero-order valence-electron chi connectivity index (χ0n) is 7.28. The molecule has 0 saturated carbocycles. The van der Waals surface area contributed by atoms with Crippen LogP contribution < -0.4 is 5.73 Å². The van der Waals surface area contributed by atoms with Crippen molar-refractivity contribution in [3.8, 4) is 0 Å². The van der Waals surface area contributed by atoms with E-state index in [1.54, 1.807) is 0 Å². The fourth-order valence-electron chi connectivity index (χ4n) is 1.08. The molecule has 0 radical (unpaired) electrons. The predicted molar refractivity (Wildman–Crippen MR) is 51.4 cm³/mol. The highest BCUT2D eigenvalue weighted by molar-refractivity contribution is 6.36. The van der Waals surface area contributed by atoms with Gasteiger partial charge in [0.2, 0.25) is 5.91 Å². The number of nitrogens with zero attached hydrogens (tertiary/aromatic N) is 1. The SMILES string of the molecule is Cc1ccc(C(N)=O)c(Cl)c1[N+](=O)[O-]. The van der Waals surface area contributed by atoms with E-state index in [1.165, 1.54) is 19.1 Å². The molecule has 0 aliphatic heterocycles. The summed E-state index contributed by atoms with van der Waals surface area (Å²) in [6.07, 6.45) is 0. The van der Waals surface area contributed by atoms with Crippen LogP contribution in [0.15, 0.2) is 12.1 Å². The number of halogens is 1. The van der Waals surface area contributed by atoms with Gasteiger partial charge in [-0.05, 0) is 13.0 Å². The summed E-state index contributed by atoms with van der Waals surface area (Å²) in [4.78, 5) is 20.8. The third-order valence-electron chi connectivity index (χ3n) is 1.77. The maximum Gasteiger partial charge on any atom is 0.291 e. The second kappa shape index (κ2) is 3.63. The van der Waals surface area contributed by atoms with E-state index < -0.39 is 10.8 Å². The number of carbonyl (C=O) groups excluding carboxylic acids is 1. The number of amides is 1. The summed E-state index contributed by atoms with van der Waals surface area (Å²) >= 11 is 5.66. The lowest BCUT2D eigenvalue weighted by Crippen LogP contribution is -2.12. The van der Waals surface area contributed by atoms with Gasteiger partial charge in [0.1, 0.15) is 5.02 Å². The van der Waals surface area contributed by atoms with Crippen molar-refractivity contribution in [3.63, 3.8) is 0 Å². The molecule has 0 aromatic heterocycles. The molecule has 0 saturated heterocycles. The molecule has 2 N–H and O–H groups in total. The molecule has 14 heavy (non-hydrogen) atoms. The third kappa shape index (κ3) is 1.67. The minimum Gasteiger partial charge on any atom is -0.366 e. The summed E-state index contributed by atoms with van der Waals surface area (Å²) in [6.45, 7) is 1.54. The first-order chi connectivity index (χ1) is 6.45. The molecule has 1 aromatic carbocycles. The lowest BCUT2D eigenvalue weighted by atomic mass is 10.1. The Kier molecular flexibility index (Phi) is 2.71. The number of aryl methyl sites for hydroxylation is 1. The van der Waals surface area contributed by atoms with Crippen molar-refractivity contribution in [1.29, 1.82) is 0 Å². The lowest BCUT2D eigenvalue weighted by molar-refractivity contribution is -0.385. The van der Waals surface area contributed by atoms with Crippen molar-refractivity contribution in [1.82, 2.24) is 0 Å². The summed E-state index contributed by atoms with van der Waals surface area (Å²) < 4.78 is 0. The minimum atomic E-state index is -0.780. The lowest BCUT2D eigenvalue weighted by Gasteiger charge is -2.02. The number of benzene rings is 1. The van der Waals surface area contributed by atoms with Gasteiger partial charge in [0.15, 0.2) is 0 Å². The van der Waals surface area contributed by atoms with Crippen LogP contribution in [0, 0.1) is 17.0 Å². The van der Waals surface area contributed by atoms with Gasteiger partial charge in [0.25, 0.3) is 5.69 Å². The van der Waals surface area contributed by atoms with E-state index in [1.807, 2.05) is 0 Å². The van der Waals surface area contributed by atoms with Crippen molar-refractivity contribution >= 4 is 23.2 Å². The van der Waals surface area contributed by atoms with Crippen molar-refractivity contribution in [2.45, 2.75) is 6.92 Å². The smallest absolute Gasteiger partial charge is 0.291 e. The normalized spacial score (nSPS) is 9.86. The van der Waals surface area contributed by atoms with Crippen LogP contribution in [0.5, 0.6) is 0 Å². The van der Waals surface area contributed by atoms with E-state index in [0.29, 0.717) is 5.56 Å². The Morgan fingerprint density at radius 2 is 2.14 bits per heavy atom. The van der Waals surface area contributed by atoms with Crippen molar-refractivity contribution in [2.75, 3.05) is 0 Å². The van der Waals surface area contributed by atoms with Gasteiger partial charge in [-0.15, -0.1) is 0 Å². The van der Waals surface area contributed by atoms with Gasteiger partial charge in [0, 0.05) is 5.56 Å². The Hall–Kier alpha value is -1.62. The quantitative estimate of drug-likeness (QED) is 0.600. The average molecular weight is 215 g/mol. The fraction of sp³-hybridized carbons (Fsp3) is 0.125. The van der Waals surface area contributed by atoms with E-state index in [-0.39, 0.29) is 16.3 Å². The molecule has 0 unspecified atom stereocenters. The number of hydrogen-bond acceptors (Lipinski definition) is 3. The molecule has 5 nitrogen and oxygen atoms in total.